The lowest BCUT2D eigenvalue weighted by Crippen LogP contribution is -2.35. The highest BCUT2D eigenvalue weighted by Crippen LogP contribution is 2.10. The lowest BCUT2D eigenvalue weighted by atomic mass is 10.1. The maximum absolute atomic E-state index is 5.60. The third-order valence-electron chi connectivity index (χ3n) is 2.34. The van der Waals surface area contributed by atoms with Crippen LogP contribution in [0.1, 0.15) is 33.3 Å². The Labute approximate surface area is 110 Å². The molecule has 1 unspecified atom stereocenters. The molecule has 4 heteroatoms. The molecule has 1 N–H and O–H groups in total. The van der Waals surface area contributed by atoms with Crippen LogP contribution >= 0.6 is 0 Å². The number of nitrogens with zero attached hydrogens (tertiary/aromatic N) is 1. The van der Waals surface area contributed by atoms with Gasteiger partial charge in [0.2, 0.25) is 5.88 Å². The lowest BCUT2D eigenvalue weighted by Gasteiger charge is -2.20. The summed E-state index contributed by atoms with van der Waals surface area (Å²) in [5.74, 6) is 0.638. The summed E-state index contributed by atoms with van der Waals surface area (Å²) in [6.45, 7) is 9.76. The van der Waals surface area contributed by atoms with Crippen LogP contribution in [0.4, 0.5) is 0 Å². The number of hydrogen-bond acceptors (Lipinski definition) is 4. The Kier molecular flexibility index (Phi) is 5.56. The Morgan fingerprint density at radius 2 is 2.06 bits per heavy atom. The van der Waals surface area contributed by atoms with Gasteiger partial charge in [0.05, 0.1) is 6.61 Å². The molecular weight excluding hydrogens is 228 g/mol. The van der Waals surface area contributed by atoms with Gasteiger partial charge in [-0.1, -0.05) is 6.07 Å². The van der Waals surface area contributed by atoms with Gasteiger partial charge in [0.25, 0.3) is 0 Å². The van der Waals surface area contributed by atoms with E-state index < -0.39 is 0 Å². The quantitative estimate of drug-likeness (QED) is 0.844. The summed E-state index contributed by atoms with van der Waals surface area (Å²) < 4.78 is 10.6. The van der Waals surface area contributed by atoms with Gasteiger partial charge in [0.1, 0.15) is 6.10 Å². The van der Waals surface area contributed by atoms with E-state index in [9.17, 15) is 0 Å². The monoisotopic (exact) mass is 252 g/mol. The van der Waals surface area contributed by atoms with Gasteiger partial charge in [-0.05, 0) is 33.3 Å². The molecule has 0 saturated heterocycles. The van der Waals surface area contributed by atoms with E-state index in [-0.39, 0.29) is 11.6 Å². The fraction of sp³-hybridized carbons (Fsp3) is 0.643. The molecule has 18 heavy (non-hydrogen) atoms. The van der Waals surface area contributed by atoms with E-state index in [4.69, 9.17) is 9.47 Å². The summed E-state index contributed by atoms with van der Waals surface area (Å²) >= 11 is 0. The van der Waals surface area contributed by atoms with Crippen LogP contribution in [-0.2, 0) is 11.3 Å². The normalized spacial score (nSPS) is 13.4. The number of hydrogen-bond donors (Lipinski definition) is 1. The predicted molar refractivity (Wildman–Crippen MR) is 72.8 cm³/mol. The van der Waals surface area contributed by atoms with Gasteiger partial charge in [-0.3, -0.25) is 0 Å². The minimum atomic E-state index is 0.0149. The second-order valence-corrected chi connectivity index (χ2v) is 5.49. The summed E-state index contributed by atoms with van der Waals surface area (Å²) in [7, 11) is 1.66. The van der Waals surface area contributed by atoms with Gasteiger partial charge in [-0.2, -0.15) is 0 Å². The van der Waals surface area contributed by atoms with Crippen molar-refractivity contribution in [1.82, 2.24) is 10.3 Å². The minimum Gasteiger partial charge on any atom is -0.472 e. The number of rotatable bonds is 6. The van der Waals surface area contributed by atoms with Gasteiger partial charge >= 0.3 is 0 Å². The van der Waals surface area contributed by atoms with Crippen molar-refractivity contribution in [2.45, 2.75) is 45.9 Å². The Hall–Kier alpha value is -1.13. The SMILES string of the molecule is COCC(C)Oc1ccc(CNC(C)(C)C)cn1. The molecule has 0 aliphatic carbocycles. The molecule has 0 spiro atoms. The fourth-order valence-electron chi connectivity index (χ4n) is 1.43. The molecule has 0 amide bonds. The highest BCUT2D eigenvalue weighted by Gasteiger charge is 2.09. The van der Waals surface area contributed by atoms with Crippen LogP contribution in [0.3, 0.4) is 0 Å². The van der Waals surface area contributed by atoms with Gasteiger partial charge in [0, 0.05) is 31.5 Å². The van der Waals surface area contributed by atoms with Crippen molar-refractivity contribution in [2.24, 2.45) is 0 Å². The molecule has 4 nitrogen and oxygen atoms in total. The number of nitrogens with one attached hydrogen (secondary N) is 1. The van der Waals surface area contributed by atoms with Crippen LogP contribution in [0.5, 0.6) is 5.88 Å². The number of aromatic nitrogens is 1. The summed E-state index contributed by atoms with van der Waals surface area (Å²) in [6.07, 6.45) is 1.86. The molecule has 0 aliphatic heterocycles. The first kappa shape index (κ1) is 14.9. The number of methoxy groups -OCH3 is 1. The first-order chi connectivity index (χ1) is 8.40. The molecule has 102 valence electrons. The van der Waals surface area contributed by atoms with Crippen LogP contribution in [0.15, 0.2) is 18.3 Å². The lowest BCUT2D eigenvalue weighted by molar-refractivity contribution is 0.0889. The van der Waals surface area contributed by atoms with Crippen molar-refractivity contribution in [3.8, 4) is 5.88 Å². The molecule has 0 radical (unpaired) electrons. The van der Waals surface area contributed by atoms with Crippen molar-refractivity contribution in [2.75, 3.05) is 13.7 Å². The first-order valence-electron chi connectivity index (χ1n) is 6.26. The molecule has 1 atom stereocenters. The molecule has 1 aromatic heterocycles. The summed E-state index contributed by atoms with van der Waals surface area (Å²) in [4.78, 5) is 4.28. The van der Waals surface area contributed by atoms with E-state index in [0.29, 0.717) is 12.5 Å². The maximum atomic E-state index is 5.60. The molecule has 0 fully saturated rings. The fourth-order valence-corrected chi connectivity index (χ4v) is 1.43. The highest BCUT2D eigenvalue weighted by molar-refractivity contribution is 5.18. The van der Waals surface area contributed by atoms with Crippen LogP contribution in [0.2, 0.25) is 0 Å². The van der Waals surface area contributed by atoms with Crippen molar-refractivity contribution in [1.29, 1.82) is 0 Å². The summed E-state index contributed by atoms with van der Waals surface area (Å²) in [6, 6.07) is 3.92. The second kappa shape index (κ2) is 6.71. The van der Waals surface area contributed by atoms with Crippen LogP contribution in [-0.4, -0.2) is 30.3 Å². The molecule has 0 bridgehead atoms. The van der Waals surface area contributed by atoms with Gasteiger partial charge in [0.15, 0.2) is 0 Å². The zero-order valence-electron chi connectivity index (χ0n) is 12.0. The van der Waals surface area contributed by atoms with E-state index in [1.165, 1.54) is 0 Å². The molecule has 1 aromatic rings. The minimum absolute atomic E-state index is 0.0149. The predicted octanol–water partition coefficient (Wildman–Crippen LogP) is 2.38. The Bertz CT molecular complexity index is 344. The zero-order chi connectivity index (χ0) is 13.6. The Balaban J connectivity index is 2.47. The second-order valence-electron chi connectivity index (χ2n) is 5.49. The molecule has 0 aromatic carbocycles. The van der Waals surface area contributed by atoms with E-state index in [1.807, 2.05) is 25.3 Å². The average molecular weight is 252 g/mol. The average Bonchev–Trinajstić information content (AvgIpc) is 2.27. The molecule has 0 aliphatic rings. The van der Waals surface area contributed by atoms with E-state index in [1.54, 1.807) is 7.11 Å². The van der Waals surface area contributed by atoms with Gasteiger partial charge < -0.3 is 14.8 Å². The van der Waals surface area contributed by atoms with Crippen molar-refractivity contribution >= 4 is 0 Å². The topological polar surface area (TPSA) is 43.4 Å². The van der Waals surface area contributed by atoms with Crippen molar-refractivity contribution in [3.05, 3.63) is 23.9 Å². The maximum Gasteiger partial charge on any atom is 0.213 e. The van der Waals surface area contributed by atoms with Crippen LogP contribution < -0.4 is 10.1 Å². The van der Waals surface area contributed by atoms with Gasteiger partial charge in [-0.25, -0.2) is 4.98 Å². The van der Waals surface area contributed by atoms with E-state index in [0.717, 1.165) is 12.1 Å². The molecule has 1 heterocycles. The smallest absolute Gasteiger partial charge is 0.213 e. The zero-order valence-corrected chi connectivity index (χ0v) is 12.0. The Morgan fingerprint density at radius 1 is 1.33 bits per heavy atom. The highest BCUT2D eigenvalue weighted by atomic mass is 16.5. The summed E-state index contributed by atoms with van der Waals surface area (Å²) in [5.41, 5.74) is 1.26. The molecule has 0 saturated carbocycles. The Morgan fingerprint density at radius 3 is 2.56 bits per heavy atom. The summed E-state index contributed by atoms with van der Waals surface area (Å²) in [5, 5.41) is 3.42. The van der Waals surface area contributed by atoms with Gasteiger partial charge in [-0.15, -0.1) is 0 Å². The number of pyridine rings is 1. The standard InChI is InChI=1S/C14H24N2O2/c1-11(10-17-5)18-13-7-6-12(8-15-13)9-16-14(2,3)4/h6-8,11,16H,9-10H2,1-5H3. The third-order valence-corrected chi connectivity index (χ3v) is 2.34. The molecule has 1 rings (SSSR count). The van der Waals surface area contributed by atoms with E-state index >= 15 is 0 Å². The molecular formula is C14H24N2O2. The van der Waals surface area contributed by atoms with Crippen molar-refractivity contribution in [3.63, 3.8) is 0 Å². The van der Waals surface area contributed by atoms with Crippen LogP contribution in [0, 0.1) is 0 Å². The van der Waals surface area contributed by atoms with E-state index in [2.05, 4.69) is 31.1 Å². The number of ether oxygens (including phenoxy) is 2. The first-order valence-corrected chi connectivity index (χ1v) is 6.26. The van der Waals surface area contributed by atoms with Crippen LogP contribution in [0.25, 0.3) is 0 Å². The van der Waals surface area contributed by atoms with Crippen molar-refractivity contribution < 1.29 is 9.47 Å². The largest absolute Gasteiger partial charge is 0.472 e. The third kappa shape index (κ3) is 5.98.